The molecule has 1 aliphatic rings. The van der Waals surface area contributed by atoms with Gasteiger partial charge in [0.1, 0.15) is 0 Å². The maximum Gasteiger partial charge on any atom is 0.416 e. The summed E-state index contributed by atoms with van der Waals surface area (Å²) in [4.78, 5) is 26.3. The van der Waals surface area contributed by atoms with E-state index in [9.17, 15) is 22.8 Å². The molecule has 1 N–H and O–H groups in total. The quantitative estimate of drug-likeness (QED) is 0.638. The molecule has 1 atom stereocenters. The van der Waals surface area contributed by atoms with E-state index in [1.807, 2.05) is 6.92 Å². The molecule has 1 fully saturated rings. The van der Waals surface area contributed by atoms with Gasteiger partial charge >= 0.3 is 12.2 Å². The Kier molecular flexibility index (Phi) is 6.45. The van der Waals surface area contributed by atoms with Crippen molar-refractivity contribution in [2.45, 2.75) is 38.8 Å². The van der Waals surface area contributed by atoms with Gasteiger partial charge in [-0.15, -0.1) is 0 Å². The third-order valence-corrected chi connectivity index (χ3v) is 4.36. The molecule has 7 heteroatoms. The molecule has 1 saturated heterocycles. The highest BCUT2D eigenvalue weighted by Crippen LogP contribution is 2.30. The van der Waals surface area contributed by atoms with Gasteiger partial charge < -0.3 is 10.2 Å². The van der Waals surface area contributed by atoms with Crippen LogP contribution in [0.3, 0.4) is 0 Å². The average molecular weight is 356 g/mol. The number of ketones is 1. The molecule has 4 nitrogen and oxygen atoms in total. The van der Waals surface area contributed by atoms with E-state index in [0.717, 1.165) is 25.0 Å². The first-order valence-corrected chi connectivity index (χ1v) is 8.57. The number of Topliss-reactive ketones (excluding diaryl/α,β-unsaturated/α-hetero) is 1. The van der Waals surface area contributed by atoms with E-state index in [1.54, 1.807) is 4.90 Å². The molecule has 0 unspecified atom stereocenters. The molecule has 1 aliphatic heterocycles. The molecule has 0 radical (unpaired) electrons. The van der Waals surface area contributed by atoms with Crippen molar-refractivity contribution in [1.29, 1.82) is 0 Å². The van der Waals surface area contributed by atoms with Gasteiger partial charge in [0.15, 0.2) is 5.78 Å². The number of likely N-dealkylation sites (tertiary alicyclic amines) is 1. The predicted molar refractivity (Wildman–Crippen MR) is 88.4 cm³/mol. The zero-order valence-electron chi connectivity index (χ0n) is 14.2. The van der Waals surface area contributed by atoms with Gasteiger partial charge in [-0.05, 0) is 31.4 Å². The maximum atomic E-state index is 12.8. The van der Waals surface area contributed by atoms with Crippen molar-refractivity contribution in [1.82, 2.24) is 10.2 Å². The molecule has 25 heavy (non-hydrogen) atoms. The Morgan fingerprint density at radius 2 is 2.08 bits per heavy atom. The Morgan fingerprint density at radius 3 is 2.76 bits per heavy atom. The van der Waals surface area contributed by atoms with Crippen LogP contribution in [0.25, 0.3) is 0 Å². The third-order valence-electron chi connectivity index (χ3n) is 4.36. The fraction of sp³-hybridized carbons (Fsp3) is 0.556. The second kappa shape index (κ2) is 8.36. The van der Waals surface area contributed by atoms with Crippen LogP contribution in [0.2, 0.25) is 0 Å². The highest BCUT2D eigenvalue weighted by Gasteiger charge is 2.33. The van der Waals surface area contributed by atoms with Crippen molar-refractivity contribution < 1.29 is 22.8 Å². The summed E-state index contributed by atoms with van der Waals surface area (Å²) < 4.78 is 38.4. The number of piperidine rings is 1. The Balaban J connectivity index is 2.03. The van der Waals surface area contributed by atoms with Crippen LogP contribution in [-0.4, -0.2) is 36.3 Å². The Hall–Kier alpha value is -2.05. The van der Waals surface area contributed by atoms with E-state index in [1.165, 1.54) is 12.1 Å². The Morgan fingerprint density at radius 1 is 1.32 bits per heavy atom. The van der Waals surface area contributed by atoms with Crippen LogP contribution in [-0.2, 0) is 6.18 Å². The molecule has 138 valence electrons. The molecule has 0 bridgehead atoms. The van der Waals surface area contributed by atoms with Gasteiger partial charge in [-0.25, -0.2) is 4.79 Å². The van der Waals surface area contributed by atoms with Gasteiger partial charge in [-0.3, -0.25) is 4.79 Å². The summed E-state index contributed by atoms with van der Waals surface area (Å²) in [6.45, 7) is 3.41. The van der Waals surface area contributed by atoms with Crippen LogP contribution in [0.1, 0.15) is 48.5 Å². The fourth-order valence-electron chi connectivity index (χ4n) is 2.94. The maximum absolute atomic E-state index is 12.8. The number of benzene rings is 1. The van der Waals surface area contributed by atoms with E-state index < -0.39 is 17.7 Å². The van der Waals surface area contributed by atoms with E-state index in [2.05, 4.69) is 5.32 Å². The summed E-state index contributed by atoms with van der Waals surface area (Å²) in [7, 11) is 0. The summed E-state index contributed by atoms with van der Waals surface area (Å²) in [5.41, 5.74) is -0.781. The minimum atomic E-state index is -4.48. The summed E-state index contributed by atoms with van der Waals surface area (Å²) in [6.07, 6.45) is -1.39. The van der Waals surface area contributed by atoms with Crippen molar-refractivity contribution in [3.05, 3.63) is 35.4 Å². The summed E-state index contributed by atoms with van der Waals surface area (Å²) >= 11 is 0. The smallest absolute Gasteiger partial charge is 0.338 e. The number of alkyl halides is 3. The summed E-state index contributed by atoms with van der Waals surface area (Å²) in [6, 6.07) is 4.27. The van der Waals surface area contributed by atoms with Gasteiger partial charge in [0, 0.05) is 31.1 Å². The lowest BCUT2D eigenvalue weighted by atomic mass is 9.89. The number of carbonyl (C=O) groups is 2. The topological polar surface area (TPSA) is 49.4 Å². The lowest BCUT2D eigenvalue weighted by molar-refractivity contribution is -0.137. The molecule has 1 aromatic rings. The summed E-state index contributed by atoms with van der Waals surface area (Å²) in [5, 5.41) is 2.81. The highest BCUT2D eigenvalue weighted by molar-refractivity contribution is 5.98. The fourth-order valence-corrected chi connectivity index (χ4v) is 2.94. The first kappa shape index (κ1) is 19.3. The minimum Gasteiger partial charge on any atom is -0.338 e. The van der Waals surface area contributed by atoms with Crippen LogP contribution in [0.15, 0.2) is 24.3 Å². The molecule has 0 aromatic heterocycles. The molecule has 0 spiro atoms. The number of rotatable bonds is 5. The van der Waals surface area contributed by atoms with Gasteiger partial charge in [0.2, 0.25) is 0 Å². The van der Waals surface area contributed by atoms with Crippen LogP contribution in [0.5, 0.6) is 0 Å². The highest BCUT2D eigenvalue weighted by atomic mass is 19.4. The van der Waals surface area contributed by atoms with Crippen molar-refractivity contribution >= 4 is 11.8 Å². The number of nitrogens with one attached hydrogen (secondary N) is 1. The number of unbranched alkanes of at least 4 members (excludes halogenated alkanes) is 1. The molecule has 1 heterocycles. The first-order valence-electron chi connectivity index (χ1n) is 8.57. The predicted octanol–water partition coefficient (Wildman–Crippen LogP) is 4.11. The average Bonchev–Trinajstić information content (AvgIpc) is 2.60. The molecular weight excluding hydrogens is 333 g/mol. The number of halogens is 3. The lowest BCUT2D eigenvalue weighted by Crippen LogP contribution is -2.47. The first-order chi connectivity index (χ1) is 11.8. The SMILES string of the molecule is CCCCNC(=O)N1CCC[C@H](C(=O)c2cccc(C(F)(F)F)c2)C1. The number of carbonyl (C=O) groups excluding carboxylic acids is 2. The standard InChI is InChI=1S/C18H23F3N2O2/c1-2-3-9-22-17(25)23-10-5-7-14(12-23)16(24)13-6-4-8-15(11-13)18(19,20)21/h4,6,8,11,14H,2-3,5,7,9-10,12H2,1H3,(H,22,25)/t14-/m0/s1. The third kappa shape index (κ3) is 5.21. The molecule has 2 rings (SSSR count). The van der Waals surface area contributed by atoms with E-state index in [4.69, 9.17) is 0 Å². The van der Waals surface area contributed by atoms with Crippen molar-refractivity contribution in [3.8, 4) is 0 Å². The molecular formula is C18H23F3N2O2. The lowest BCUT2D eigenvalue weighted by Gasteiger charge is -2.32. The van der Waals surface area contributed by atoms with Crippen LogP contribution in [0, 0.1) is 5.92 Å². The van der Waals surface area contributed by atoms with E-state index in [-0.39, 0.29) is 23.9 Å². The Bertz CT molecular complexity index is 617. The van der Waals surface area contributed by atoms with Crippen molar-refractivity contribution in [2.75, 3.05) is 19.6 Å². The van der Waals surface area contributed by atoms with Gasteiger partial charge in [-0.1, -0.05) is 25.5 Å². The Labute approximate surface area is 145 Å². The number of hydrogen-bond donors (Lipinski definition) is 1. The minimum absolute atomic E-state index is 0.0491. The number of amides is 2. The summed E-state index contributed by atoms with van der Waals surface area (Å²) in [5.74, 6) is -0.800. The van der Waals surface area contributed by atoms with Gasteiger partial charge in [-0.2, -0.15) is 13.2 Å². The number of urea groups is 1. The van der Waals surface area contributed by atoms with Crippen LogP contribution < -0.4 is 5.32 Å². The van der Waals surface area contributed by atoms with Crippen LogP contribution >= 0.6 is 0 Å². The number of hydrogen-bond acceptors (Lipinski definition) is 2. The largest absolute Gasteiger partial charge is 0.416 e. The van der Waals surface area contributed by atoms with Crippen LogP contribution in [0.4, 0.5) is 18.0 Å². The van der Waals surface area contributed by atoms with Crippen molar-refractivity contribution in [2.24, 2.45) is 5.92 Å². The molecule has 2 amide bonds. The zero-order chi connectivity index (χ0) is 18.4. The van der Waals surface area contributed by atoms with Crippen molar-refractivity contribution in [3.63, 3.8) is 0 Å². The second-order valence-electron chi connectivity index (χ2n) is 6.31. The second-order valence-corrected chi connectivity index (χ2v) is 6.31. The van der Waals surface area contributed by atoms with Gasteiger partial charge in [0.05, 0.1) is 5.56 Å². The molecule has 0 saturated carbocycles. The van der Waals surface area contributed by atoms with Gasteiger partial charge in [0.25, 0.3) is 0 Å². The number of nitrogens with zero attached hydrogens (tertiary/aromatic N) is 1. The normalized spacial score (nSPS) is 18.1. The molecule has 0 aliphatic carbocycles. The van der Waals surface area contributed by atoms with E-state index in [0.29, 0.717) is 25.9 Å². The zero-order valence-corrected chi connectivity index (χ0v) is 14.2. The molecule has 1 aromatic carbocycles. The monoisotopic (exact) mass is 356 g/mol. The van der Waals surface area contributed by atoms with E-state index >= 15 is 0 Å².